The molecule has 3 aliphatic heterocycles. The monoisotopic (exact) mass is 754 g/mol. The van der Waals surface area contributed by atoms with Crippen molar-refractivity contribution in [3.63, 3.8) is 0 Å². The van der Waals surface area contributed by atoms with Crippen molar-refractivity contribution in [2.45, 2.75) is 55.3 Å². The van der Waals surface area contributed by atoms with Crippen LogP contribution in [0.15, 0.2) is 110 Å². The van der Waals surface area contributed by atoms with Gasteiger partial charge < -0.3 is 29.4 Å². The molecule has 268 valence electrons. The first kappa shape index (κ1) is 36.5. The first-order chi connectivity index (χ1) is 24.7. The Bertz CT molecular complexity index is 1720. The number of alkyl halides is 1. The highest BCUT2D eigenvalue weighted by atomic mass is 79.9. The third kappa shape index (κ3) is 6.54. The maximum Gasteiger partial charge on any atom is 0.253 e. The average molecular weight is 756 g/mol. The summed E-state index contributed by atoms with van der Waals surface area (Å²) in [6.07, 6.45) is 3.37. The van der Waals surface area contributed by atoms with E-state index in [2.05, 4.69) is 47.8 Å². The van der Waals surface area contributed by atoms with Gasteiger partial charge in [0.05, 0.1) is 30.6 Å². The molecule has 0 saturated carbocycles. The molecule has 0 aromatic heterocycles. The first-order valence-corrected chi connectivity index (χ1v) is 18.7. The van der Waals surface area contributed by atoms with Crippen LogP contribution in [-0.2, 0) is 25.5 Å². The van der Waals surface area contributed by atoms with Gasteiger partial charge in [0.25, 0.3) is 5.91 Å². The molecule has 0 aliphatic carbocycles. The number of fused-ring (bicyclic) bond motifs is 1. The minimum atomic E-state index is -1.31. The number of benzene rings is 3. The standard InChI is InChI=1S/C41H47BrN4O5/c1-5-23-44(30-17-13-10-14-18-30)38(48)34-35-39(49)46(32(27-47)25-28-15-11-9-12-16-28)37(41(35)26-33(42)36(34)51-41)40(50)45(24-6-2)31-21-19-29(20-22-31)43(7-3)8-4/h5-6,9-22,32-37,47H,1-2,7-8,23-27H2,3-4H3/t32-,33?,34-,35+,36-,37?,41?/m1/s1. The predicted molar refractivity (Wildman–Crippen MR) is 205 cm³/mol. The molecule has 3 aromatic rings. The Labute approximate surface area is 309 Å². The number of anilines is 3. The number of halogens is 1. The predicted octanol–water partition coefficient (Wildman–Crippen LogP) is 5.62. The van der Waals surface area contributed by atoms with Crippen LogP contribution in [0, 0.1) is 11.8 Å². The first-order valence-electron chi connectivity index (χ1n) is 17.8. The Hall–Kier alpha value is -4.25. The molecular formula is C41H47BrN4O5. The van der Waals surface area contributed by atoms with Crippen LogP contribution in [0.5, 0.6) is 0 Å². The highest BCUT2D eigenvalue weighted by Gasteiger charge is 2.77. The van der Waals surface area contributed by atoms with Crippen molar-refractivity contribution in [1.82, 2.24) is 4.90 Å². The molecule has 3 saturated heterocycles. The van der Waals surface area contributed by atoms with Crippen LogP contribution >= 0.6 is 15.9 Å². The summed E-state index contributed by atoms with van der Waals surface area (Å²) in [5.74, 6) is -2.76. The lowest BCUT2D eigenvalue weighted by atomic mass is 9.70. The smallest absolute Gasteiger partial charge is 0.253 e. The van der Waals surface area contributed by atoms with Crippen LogP contribution in [0.4, 0.5) is 17.1 Å². The molecule has 9 nitrogen and oxygen atoms in total. The second kappa shape index (κ2) is 15.6. The van der Waals surface area contributed by atoms with Gasteiger partial charge in [0.1, 0.15) is 11.6 Å². The number of ether oxygens (including phenoxy) is 1. The van der Waals surface area contributed by atoms with E-state index >= 15 is 9.59 Å². The van der Waals surface area contributed by atoms with Crippen molar-refractivity contribution in [2.75, 3.05) is 47.5 Å². The van der Waals surface area contributed by atoms with E-state index in [4.69, 9.17) is 4.74 Å². The quantitative estimate of drug-likeness (QED) is 0.160. The summed E-state index contributed by atoms with van der Waals surface area (Å²) in [7, 11) is 0. The zero-order valence-corrected chi connectivity index (χ0v) is 30.9. The van der Waals surface area contributed by atoms with Crippen molar-refractivity contribution in [1.29, 1.82) is 0 Å². The lowest BCUT2D eigenvalue weighted by Gasteiger charge is -2.39. The molecule has 1 N–H and O–H groups in total. The molecule has 3 unspecified atom stereocenters. The van der Waals surface area contributed by atoms with Gasteiger partial charge >= 0.3 is 0 Å². The molecular weight excluding hydrogens is 708 g/mol. The van der Waals surface area contributed by atoms with Gasteiger partial charge in [-0.25, -0.2) is 0 Å². The van der Waals surface area contributed by atoms with Gasteiger partial charge in [0, 0.05) is 48.1 Å². The van der Waals surface area contributed by atoms with Crippen LogP contribution in [0.2, 0.25) is 0 Å². The number of carbonyl (C=O) groups is 3. The lowest BCUT2D eigenvalue weighted by molar-refractivity contribution is -0.144. The van der Waals surface area contributed by atoms with Gasteiger partial charge in [-0.05, 0) is 68.7 Å². The highest BCUT2D eigenvalue weighted by molar-refractivity contribution is 9.09. The normalized spacial score (nSPS) is 25.3. The maximum atomic E-state index is 15.3. The Morgan fingerprint density at radius 3 is 2.02 bits per heavy atom. The van der Waals surface area contributed by atoms with E-state index in [9.17, 15) is 9.90 Å². The van der Waals surface area contributed by atoms with Crippen molar-refractivity contribution < 1.29 is 24.2 Å². The molecule has 6 rings (SSSR count). The van der Waals surface area contributed by atoms with E-state index < -0.39 is 35.6 Å². The Morgan fingerprint density at radius 1 is 0.902 bits per heavy atom. The molecule has 3 fully saturated rings. The van der Waals surface area contributed by atoms with E-state index in [0.29, 0.717) is 24.2 Å². The summed E-state index contributed by atoms with van der Waals surface area (Å²) >= 11 is 3.81. The number of amides is 3. The Morgan fingerprint density at radius 2 is 1.45 bits per heavy atom. The highest BCUT2D eigenvalue weighted by Crippen LogP contribution is 2.61. The zero-order chi connectivity index (χ0) is 36.3. The molecule has 2 bridgehead atoms. The molecule has 51 heavy (non-hydrogen) atoms. The summed E-state index contributed by atoms with van der Waals surface area (Å²) in [4.78, 5) is 51.8. The van der Waals surface area contributed by atoms with Gasteiger partial charge in [-0.2, -0.15) is 0 Å². The second-order valence-corrected chi connectivity index (χ2v) is 14.6. The fourth-order valence-electron chi connectivity index (χ4n) is 8.43. The van der Waals surface area contributed by atoms with E-state index in [1.54, 1.807) is 26.9 Å². The zero-order valence-electron chi connectivity index (χ0n) is 29.3. The van der Waals surface area contributed by atoms with Crippen LogP contribution in [-0.4, -0.2) is 89.1 Å². The number of likely N-dealkylation sites (tertiary alicyclic amines) is 1. The molecule has 3 amide bonds. The van der Waals surface area contributed by atoms with Crippen molar-refractivity contribution in [3.8, 4) is 0 Å². The second-order valence-electron chi connectivity index (χ2n) is 13.4. The number of nitrogens with zero attached hydrogens (tertiary/aromatic N) is 4. The lowest BCUT2D eigenvalue weighted by Crippen LogP contribution is -2.59. The number of hydrogen-bond donors (Lipinski definition) is 1. The van der Waals surface area contributed by atoms with Crippen molar-refractivity contribution >= 4 is 50.7 Å². The maximum absolute atomic E-state index is 15.3. The fourth-order valence-corrected chi connectivity index (χ4v) is 9.37. The van der Waals surface area contributed by atoms with E-state index in [0.717, 1.165) is 24.3 Å². The van der Waals surface area contributed by atoms with Crippen LogP contribution in [0.3, 0.4) is 0 Å². The van der Waals surface area contributed by atoms with Gasteiger partial charge in [0.15, 0.2) is 0 Å². The van der Waals surface area contributed by atoms with Crippen molar-refractivity contribution in [2.24, 2.45) is 11.8 Å². The third-order valence-electron chi connectivity index (χ3n) is 10.7. The summed E-state index contributed by atoms with van der Waals surface area (Å²) in [5.41, 5.74) is 1.98. The fraction of sp³-hybridized carbons (Fsp3) is 0.390. The minimum Gasteiger partial charge on any atom is -0.394 e. The van der Waals surface area contributed by atoms with Crippen LogP contribution < -0.4 is 14.7 Å². The largest absolute Gasteiger partial charge is 0.394 e. The third-order valence-corrected chi connectivity index (χ3v) is 11.5. The number of hydrogen-bond acceptors (Lipinski definition) is 6. The number of carbonyl (C=O) groups excluding carboxylic acids is 3. The summed E-state index contributed by atoms with van der Waals surface area (Å²) in [6, 6.07) is 24.9. The van der Waals surface area contributed by atoms with Gasteiger partial charge in [-0.1, -0.05) is 76.6 Å². The van der Waals surface area contributed by atoms with Crippen LogP contribution in [0.25, 0.3) is 0 Å². The molecule has 1 spiro atoms. The molecule has 3 aromatic carbocycles. The molecule has 0 radical (unpaired) electrons. The number of para-hydroxylation sites is 1. The average Bonchev–Trinajstić information content (AvgIpc) is 3.76. The number of rotatable bonds is 15. The molecule has 10 heteroatoms. The number of aliphatic hydroxyl groups is 1. The summed E-state index contributed by atoms with van der Waals surface area (Å²) in [5, 5.41) is 10.9. The molecule has 7 atom stereocenters. The number of aliphatic hydroxyl groups excluding tert-OH is 1. The van der Waals surface area contributed by atoms with E-state index in [-0.39, 0.29) is 42.2 Å². The van der Waals surface area contributed by atoms with E-state index in [1.807, 2.05) is 84.9 Å². The van der Waals surface area contributed by atoms with E-state index in [1.165, 1.54) is 0 Å². The summed E-state index contributed by atoms with van der Waals surface area (Å²) in [6.45, 7) is 13.8. The van der Waals surface area contributed by atoms with Gasteiger partial charge in [-0.3, -0.25) is 14.4 Å². The SMILES string of the molecule is C=CCN(C(=O)C1N([C@@H](CO)Cc2ccccc2)C(=O)[C@@H]2[C@@H](C(=O)N(CC=C)c3ccccc3)[C@@H]3OC12CC3Br)c1ccc(N(CC)CC)cc1. The molecule has 3 heterocycles. The van der Waals surface area contributed by atoms with Crippen LogP contribution in [0.1, 0.15) is 25.8 Å². The van der Waals surface area contributed by atoms with Crippen molar-refractivity contribution in [3.05, 3.63) is 116 Å². The Kier molecular flexibility index (Phi) is 11.1. The topological polar surface area (TPSA) is 93.6 Å². The van der Waals surface area contributed by atoms with Gasteiger partial charge in [-0.15, -0.1) is 13.2 Å². The van der Waals surface area contributed by atoms with Gasteiger partial charge in [0.2, 0.25) is 11.8 Å². The Balaban J connectivity index is 1.45. The minimum absolute atomic E-state index is 0.190. The molecule has 3 aliphatic rings. The summed E-state index contributed by atoms with van der Waals surface area (Å²) < 4.78 is 6.87.